The second-order valence-electron chi connectivity index (χ2n) is 5.67. The maximum absolute atomic E-state index is 14.4. The van der Waals surface area contributed by atoms with Crippen LogP contribution in [0.15, 0.2) is 18.2 Å². The van der Waals surface area contributed by atoms with E-state index >= 15 is 0 Å². The summed E-state index contributed by atoms with van der Waals surface area (Å²) in [6.45, 7) is 6.29. The Kier molecular flexibility index (Phi) is 5.29. The predicted octanol–water partition coefficient (Wildman–Crippen LogP) is 2.79. The molecule has 1 aliphatic heterocycles. The number of halogens is 1. The molecule has 0 amide bonds. The second-order valence-corrected chi connectivity index (χ2v) is 6.57. The molecule has 0 aromatic heterocycles. The van der Waals surface area contributed by atoms with E-state index < -0.39 is 11.1 Å². The van der Waals surface area contributed by atoms with E-state index in [9.17, 15) is 13.2 Å². The third kappa shape index (κ3) is 3.65. The summed E-state index contributed by atoms with van der Waals surface area (Å²) in [4.78, 5) is 2.39. The minimum absolute atomic E-state index is 0.199. The van der Waals surface area contributed by atoms with Crippen molar-refractivity contribution in [3.05, 3.63) is 35.1 Å². The van der Waals surface area contributed by atoms with Crippen molar-refractivity contribution in [1.82, 2.24) is 4.90 Å². The van der Waals surface area contributed by atoms with E-state index in [0.29, 0.717) is 11.6 Å². The van der Waals surface area contributed by atoms with Gasteiger partial charge in [0.25, 0.3) is 0 Å². The minimum Gasteiger partial charge on any atom is -0.772 e. The van der Waals surface area contributed by atoms with Crippen LogP contribution in [0.3, 0.4) is 0 Å². The van der Waals surface area contributed by atoms with E-state index in [-0.39, 0.29) is 23.1 Å². The third-order valence-electron chi connectivity index (χ3n) is 4.08. The summed E-state index contributed by atoms with van der Waals surface area (Å²) in [7, 11) is 0. The van der Waals surface area contributed by atoms with Gasteiger partial charge in [0.2, 0.25) is 0 Å². The van der Waals surface area contributed by atoms with Crippen molar-refractivity contribution in [3.8, 4) is 0 Å². The minimum atomic E-state index is -2.25. The molecule has 20 heavy (non-hydrogen) atoms. The molecule has 0 aliphatic carbocycles. The third-order valence-corrected chi connectivity index (χ3v) is 4.63. The lowest BCUT2D eigenvalue weighted by Gasteiger charge is -2.35. The Morgan fingerprint density at radius 3 is 2.60 bits per heavy atom. The molecule has 1 unspecified atom stereocenters. The molecule has 3 nitrogen and oxygen atoms in total. The standard InChI is InChI=1S/C15H22FNO2S/c1-11(2)17-8-6-12(7-9-17)14-5-3-4-13(15(14)16)10-20(18)19/h3-5,11-12H,6-10H2,1-2H3,(H,18,19)/p-1. The first kappa shape index (κ1) is 15.6. The molecule has 0 saturated carbocycles. The van der Waals surface area contributed by atoms with Crippen molar-refractivity contribution in [2.45, 2.75) is 44.4 Å². The molecule has 1 aromatic carbocycles. The normalized spacial score (nSPS) is 19.4. The van der Waals surface area contributed by atoms with Crippen LogP contribution in [0, 0.1) is 5.82 Å². The van der Waals surface area contributed by atoms with Crippen molar-refractivity contribution in [2.24, 2.45) is 0 Å². The Morgan fingerprint density at radius 1 is 1.40 bits per heavy atom. The molecule has 0 N–H and O–H groups in total. The van der Waals surface area contributed by atoms with Crippen molar-refractivity contribution < 1.29 is 13.2 Å². The molecule has 5 heteroatoms. The lowest BCUT2D eigenvalue weighted by molar-refractivity contribution is 0.171. The van der Waals surface area contributed by atoms with Gasteiger partial charge in [-0.25, -0.2) is 4.39 Å². The quantitative estimate of drug-likeness (QED) is 0.803. The summed E-state index contributed by atoms with van der Waals surface area (Å²) in [6, 6.07) is 5.63. The van der Waals surface area contributed by atoms with Crippen LogP contribution in [-0.2, 0) is 16.8 Å². The van der Waals surface area contributed by atoms with Gasteiger partial charge in [0.15, 0.2) is 0 Å². The fourth-order valence-electron chi connectivity index (χ4n) is 2.88. The molecule has 2 rings (SSSR count). The van der Waals surface area contributed by atoms with E-state index in [1.807, 2.05) is 0 Å². The molecule has 1 heterocycles. The average Bonchev–Trinajstić information content (AvgIpc) is 2.41. The Hall–Kier alpha value is -0.780. The van der Waals surface area contributed by atoms with Crippen molar-refractivity contribution >= 4 is 11.1 Å². The number of hydrogen-bond donors (Lipinski definition) is 0. The van der Waals surface area contributed by atoms with Crippen LogP contribution in [0.1, 0.15) is 43.7 Å². The monoisotopic (exact) mass is 298 g/mol. The molecular weight excluding hydrogens is 277 g/mol. The first-order chi connectivity index (χ1) is 9.49. The fraction of sp³-hybridized carbons (Fsp3) is 0.600. The highest BCUT2D eigenvalue weighted by atomic mass is 32.2. The SMILES string of the molecule is CC(C)N1CCC(c2cccc(CS(=O)[O-])c2F)CC1. The highest BCUT2D eigenvalue weighted by Gasteiger charge is 2.24. The zero-order valence-corrected chi connectivity index (χ0v) is 12.8. The van der Waals surface area contributed by atoms with Crippen molar-refractivity contribution in [3.63, 3.8) is 0 Å². The molecule has 1 aromatic rings. The Bertz CT molecular complexity index is 485. The van der Waals surface area contributed by atoms with Gasteiger partial charge in [0.1, 0.15) is 5.82 Å². The van der Waals surface area contributed by atoms with Crippen LogP contribution in [0.2, 0.25) is 0 Å². The Balaban J connectivity index is 2.12. The van der Waals surface area contributed by atoms with Crippen LogP contribution in [0.5, 0.6) is 0 Å². The van der Waals surface area contributed by atoms with Crippen LogP contribution in [-0.4, -0.2) is 32.8 Å². The van der Waals surface area contributed by atoms with Gasteiger partial charge in [0.05, 0.1) is 0 Å². The smallest absolute Gasteiger partial charge is 0.130 e. The highest BCUT2D eigenvalue weighted by Crippen LogP contribution is 2.31. The van der Waals surface area contributed by atoms with Gasteiger partial charge in [-0.05, 0) is 56.8 Å². The van der Waals surface area contributed by atoms with Crippen LogP contribution >= 0.6 is 0 Å². The first-order valence-electron chi connectivity index (χ1n) is 7.06. The molecule has 0 spiro atoms. The fourth-order valence-corrected chi connectivity index (χ4v) is 3.36. The van der Waals surface area contributed by atoms with Gasteiger partial charge < -0.3 is 9.45 Å². The maximum Gasteiger partial charge on any atom is 0.130 e. The summed E-state index contributed by atoms with van der Waals surface area (Å²) < 4.78 is 35.9. The van der Waals surface area contributed by atoms with E-state index in [1.54, 1.807) is 18.2 Å². The van der Waals surface area contributed by atoms with E-state index in [4.69, 9.17) is 0 Å². The summed E-state index contributed by atoms with van der Waals surface area (Å²) in [5, 5.41) is 0. The summed E-state index contributed by atoms with van der Waals surface area (Å²) in [6.07, 6.45) is 1.86. The van der Waals surface area contributed by atoms with Gasteiger partial charge in [-0.2, -0.15) is 0 Å². The van der Waals surface area contributed by atoms with Crippen LogP contribution < -0.4 is 0 Å². The zero-order chi connectivity index (χ0) is 14.7. The van der Waals surface area contributed by atoms with Crippen LogP contribution in [0.25, 0.3) is 0 Å². The van der Waals surface area contributed by atoms with Gasteiger partial charge >= 0.3 is 0 Å². The lowest BCUT2D eigenvalue weighted by atomic mass is 9.88. The predicted molar refractivity (Wildman–Crippen MR) is 77.7 cm³/mol. The summed E-state index contributed by atoms with van der Waals surface area (Å²) >= 11 is -2.25. The summed E-state index contributed by atoms with van der Waals surface area (Å²) in [5.74, 6) is -0.380. The number of benzene rings is 1. The maximum atomic E-state index is 14.4. The number of rotatable bonds is 4. The number of likely N-dealkylation sites (tertiary alicyclic amines) is 1. The number of nitrogens with zero attached hydrogens (tertiary/aromatic N) is 1. The molecule has 1 atom stereocenters. The highest BCUT2D eigenvalue weighted by molar-refractivity contribution is 7.78. The van der Waals surface area contributed by atoms with Gasteiger partial charge in [0, 0.05) is 11.8 Å². The van der Waals surface area contributed by atoms with E-state index in [1.165, 1.54) is 0 Å². The molecule has 1 saturated heterocycles. The second kappa shape index (κ2) is 6.78. The van der Waals surface area contributed by atoms with E-state index in [0.717, 1.165) is 25.9 Å². The summed E-state index contributed by atoms with van der Waals surface area (Å²) in [5.41, 5.74) is 0.957. The van der Waals surface area contributed by atoms with Gasteiger partial charge in [-0.3, -0.25) is 4.21 Å². The molecule has 0 bridgehead atoms. The van der Waals surface area contributed by atoms with Crippen molar-refractivity contribution in [1.29, 1.82) is 0 Å². The topological polar surface area (TPSA) is 43.4 Å². The lowest BCUT2D eigenvalue weighted by Crippen LogP contribution is -2.38. The molecule has 0 radical (unpaired) electrons. The number of piperidine rings is 1. The van der Waals surface area contributed by atoms with Crippen molar-refractivity contribution in [2.75, 3.05) is 13.1 Å². The van der Waals surface area contributed by atoms with Crippen LogP contribution in [0.4, 0.5) is 4.39 Å². The Labute approximate surface area is 122 Å². The average molecular weight is 298 g/mol. The molecule has 112 valence electrons. The number of hydrogen-bond acceptors (Lipinski definition) is 3. The molecular formula is C15H21FNO2S-. The largest absolute Gasteiger partial charge is 0.772 e. The first-order valence-corrected chi connectivity index (χ1v) is 8.30. The Morgan fingerprint density at radius 2 is 2.05 bits per heavy atom. The molecule has 1 aliphatic rings. The molecule has 1 fully saturated rings. The zero-order valence-electron chi connectivity index (χ0n) is 12.0. The van der Waals surface area contributed by atoms with E-state index in [2.05, 4.69) is 18.7 Å². The van der Waals surface area contributed by atoms with Gasteiger partial charge in [-0.1, -0.05) is 29.3 Å². The van der Waals surface area contributed by atoms with Gasteiger partial charge in [-0.15, -0.1) is 0 Å².